The molecule has 2 bridgehead atoms. The largest absolute Gasteiger partial charge is 0.480 e. The third-order valence-electron chi connectivity index (χ3n) is 30.5. The summed E-state index contributed by atoms with van der Waals surface area (Å²) in [5, 5.41) is 123. The number of fused-ring (bicyclic) bond motifs is 6. The van der Waals surface area contributed by atoms with Crippen LogP contribution in [0.4, 0.5) is 0 Å². The fraction of sp³-hybridized carbons (Fsp3) is 0.900. The van der Waals surface area contributed by atoms with Crippen LogP contribution in [0.3, 0.4) is 0 Å². The van der Waals surface area contributed by atoms with Crippen molar-refractivity contribution in [2.24, 2.45) is 129 Å². The molecule has 6 heterocycles. The van der Waals surface area contributed by atoms with E-state index in [0.717, 1.165) is 142 Å². The Hall–Kier alpha value is -4.53. The van der Waals surface area contributed by atoms with Crippen molar-refractivity contribution in [3.05, 3.63) is 0 Å². The average molecular weight is 1680 g/mol. The molecule has 0 aromatic carbocycles. The lowest BCUT2D eigenvalue weighted by Crippen LogP contribution is -2.62. The van der Waals surface area contributed by atoms with Crippen molar-refractivity contribution in [3.63, 3.8) is 0 Å². The number of carboxylic acid groups (broad SMARTS) is 6. The molecule has 23 unspecified atom stereocenters. The maximum absolute atomic E-state index is 11.7. The van der Waals surface area contributed by atoms with Crippen LogP contribution in [0.25, 0.3) is 0 Å². The summed E-state index contributed by atoms with van der Waals surface area (Å²) in [4.78, 5) is 99.2. The predicted octanol–water partition coefficient (Wildman–Crippen LogP) is 1.50. The molecule has 674 valence electrons. The highest BCUT2D eigenvalue weighted by molar-refractivity contribution is 6.50. The normalized spacial score (nSPS) is 36.7. The number of carbonyl (C=O) groups is 8. The van der Waals surface area contributed by atoms with E-state index in [1.165, 1.54) is 6.42 Å². The molecule has 29 N–H and O–H groups in total. The highest BCUT2D eigenvalue weighted by atomic mass is 16.4. The summed E-state index contributed by atoms with van der Waals surface area (Å²) in [5.74, 6) is -4.05. The molecule has 12 aliphatic rings. The molecular weight excluding hydrogens is 1530 g/mol. The third-order valence-corrected chi connectivity index (χ3v) is 30.5. The quantitative estimate of drug-likeness (QED) is 0.0414. The molecule has 23 atom stereocenters. The smallest absolute Gasteiger partial charge is 0.324 e. The predicted molar refractivity (Wildman–Crippen MR) is 463 cm³/mol. The lowest BCUT2D eigenvalue weighted by molar-refractivity contribution is -0.149. The van der Waals surface area contributed by atoms with Crippen LogP contribution >= 0.6 is 0 Å². The Balaban J connectivity index is 0.000000197. The zero-order chi connectivity index (χ0) is 88.8. The number of amides is 2. The maximum Gasteiger partial charge on any atom is 0.324 e. The summed E-state index contributed by atoms with van der Waals surface area (Å²) in [7, 11) is 0. The minimum absolute atomic E-state index is 0.00141. The Morgan fingerprint density at radius 2 is 0.874 bits per heavy atom. The van der Waals surface area contributed by atoms with Gasteiger partial charge in [0.25, 0.3) is 41.5 Å². The lowest BCUT2D eigenvalue weighted by atomic mass is 9.61. The van der Waals surface area contributed by atoms with E-state index in [-0.39, 0.29) is 129 Å². The number of rotatable bonds is 33. The Morgan fingerprint density at radius 3 is 1.28 bits per heavy atom. The van der Waals surface area contributed by atoms with E-state index in [2.05, 4.69) is 39.6 Å². The molecule has 6 aliphatic heterocycles. The first-order valence-electron chi connectivity index (χ1n) is 45.0. The summed E-state index contributed by atoms with van der Waals surface area (Å²) in [6.45, 7) is 23.2. The number of carboxylic acids is 6. The summed E-state index contributed by atoms with van der Waals surface area (Å²) in [5.41, 5.74) is 36.2. The number of carbonyl (C=O) groups excluding carboxylic acids is 2. The van der Waals surface area contributed by atoms with Gasteiger partial charge in [-0.15, -0.1) is 0 Å². The first-order valence-corrected chi connectivity index (χ1v) is 45.0. The van der Waals surface area contributed by atoms with Gasteiger partial charge in [0.2, 0.25) is 11.8 Å². The number of likely N-dealkylation sites (tertiary alicyclic amines) is 3. The Labute approximate surface area is 708 Å². The van der Waals surface area contributed by atoms with Gasteiger partial charge in [-0.25, -0.2) is 0 Å². The zero-order valence-corrected chi connectivity index (χ0v) is 72.9. The van der Waals surface area contributed by atoms with Crippen molar-refractivity contribution in [1.82, 2.24) is 30.7 Å². The Bertz CT molecular complexity index is 3350. The number of piperidine rings is 1. The van der Waals surface area contributed by atoms with Gasteiger partial charge in [0.1, 0.15) is 33.2 Å². The number of nitrogens with one attached hydrogen (secondary N) is 3. The summed E-state index contributed by atoms with van der Waals surface area (Å²) in [6, 6.07) is 0.751. The molecule has 33 nitrogen and oxygen atoms in total. The van der Waals surface area contributed by atoms with E-state index in [9.17, 15) is 99.1 Å². The van der Waals surface area contributed by atoms with Crippen molar-refractivity contribution in [3.8, 4) is 0 Å². The lowest BCUT2D eigenvalue weighted by Gasteiger charge is -2.46. The van der Waals surface area contributed by atoms with Gasteiger partial charge < -0.3 is 132 Å². The van der Waals surface area contributed by atoms with Crippen molar-refractivity contribution < 1.29 is 99.1 Å². The van der Waals surface area contributed by atoms with E-state index >= 15 is 0 Å². The maximum atomic E-state index is 11.7. The number of aliphatic carboxylic acids is 6. The monoisotopic (exact) mass is 1680 g/mol. The van der Waals surface area contributed by atoms with Crippen molar-refractivity contribution in [1.29, 1.82) is 0 Å². The molecule has 2 amide bonds. The highest BCUT2D eigenvalue weighted by Gasteiger charge is 2.64. The van der Waals surface area contributed by atoms with Crippen molar-refractivity contribution in [2.45, 2.75) is 292 Å². The van der Waals surface area contributed by atoms with Gasteiger partial charge in [-0.1, -0.05) is 79.5 Å². The fourth-order valence-electron chi connectivity index (χ4n) is 23.9. The van der Waals surface area contributed by atoms with Gasteiger partial charge in [-0.2, -0.15) is 0 Å². The molecular formula is C80H151B6N13O20. The molecule has 39 heteroatoms. The average Bonchev–Trinajstić information content (AvgIpc) is 1.63. The number of hydrogen-bond acceptors (Lipinski definition) is 25. The molecule has 6 saturated heterocycles. The van der Waals surface area contributed by atoms with E-state index in [1.54, 1.807) is 52.8 Å². The second-order valence-corrected chi connectivity index (χ2v) is 39.5. The molecule has 12 rings (SSSR count). The molecule has 0 aromatic rings. The second-order valence-electron chi connectivity index (χ2n) is 39.5. The summed E-state index contributed by atoms with van der Waals surface area (Å²) >= 11 is 0. The fourth-order valence-corrected chi connectivity index (χ4v) is 23.9. The number of nitrogens with two attached hydrogens (primary N) is 7. The first kappa shape index (κ1) is 102. The molecule has 0 radical (unpaired) electrons. The molecule has 12 fully saturated rings. The molecule has 1 spiro atoms. The highest BCUT2D eigenvalue weighted by Crippen LogP contribution is 2.54. The van der Waals surface area contributed by atoms with Crippen LogP contribution in [0.2, 0.25) is 78.9 Å². The molecule has 6 saturated carbocycles. The van der Waals surface area contributed by atoms with Crippen LogP contribution in [0.5, 0.6) is 0 Å². The van der Waals surface area contributed by atoms with Crippen molar-refractivity contribution >= 4 is 89.1 Å². The van der Waals surface area contributed by atoms with Crippen LogP contribution in [0.1, 0.15) is 162 Å². The minimum atomic E-state index is -1.30. The minimum Gasteiger partial charge on any atom is -0.480 e. The van der Waals surface area contributed by atoms with Crippen molar-refractivity contribution in [2.75, 3.05) is 72.0 Å². The van der Waals surface area contributed by atoms with Gasteiger partial charge in [0, 0.05) is 108 Å². The van der Waals surface area contributed by atoms with E-state index in [0.29, 0.717) is 126 Å². The number of nitrogens with zero attached hydrogens (tertiary/aromatic N) is 3. The van der Waals surface area contributed by atoms with Crippen LogP contribution in [0, 0.1) is 88.8 Å². The van der Waals surface area contributed by atoms with E-state index < -0.39 is 76.0 Å². The molecule has 119 heavy (non-hydrogen) atoms. The standard InChI is InChI=1S/C15H29BN2O3.C14H28BN3O3.C14H25BN2O4.C14H27BN2O3.C12H21BN2O4.C11H21BN2O3/c1-10(2)18-8-11-7-15(17,14(19)20)13(12(11)9-18)5-4-6-16(3)21;1-15(21)4-2-3-12-11-9-18(6-5-16)8-10(11)7-14(12,17)13(19)20;1-9(18)17-7-10-6-14(16,13(19)20)12(11(10)8-17)4-3-5-15(2)21;1-15(20)8-2-4-11-10-13(5-3-9-17-13)6-7-14(11,16)12(18)19;1-13(19)4-2-3-9-8-6-15-10(16)7(8)5-12(9,14)11(17)18;1-12(17)4-2-3-8-9-5-7(6-14-9)11(8,13)10(15)16/h10-13,21H,4-9,17H2,1-3H3,(H,19,20);10-12,21H,2-9,16-17H2,1H3,(H,19,20);10-12,21H,3-8,16H2,1-2H3,(H,19,20);11,17,20H,2-10,16H2,1H3,(H,18,19);7-9,19H,2-6,14H2,1H3,(H,15,16)(H,17,18);7-9,14,17H,2-6,13H2,1H3,(H,15,16). The second kappa shape index (κ2) is 43.6. The van der Waals surface area contributed by atoms with Crippen LogP contribution in [-0.2, 0) is 38.4 Å². The third kappa shape index (κ3) is 24.6. The topological polar surface area (TPSA) is 607 Å². The number of hydrogen-bond donors (Lipinski definition) is 22. The Morgan fingerprint density at radius 1 is 0.471 bits per heavy atom. The van der Waals surface area contributed by atoms with E-state index in [4.69, 9.17) is 40.1 Å². The molecule has 0 aromatic heterocycles. The first-order chi connectivity index (χ1) is 55.6. The van der Waals surface area contributed by atoms with Gasteiger partial charge >= 0.3 is 35.8 Å². The molecule has 6 aliphatic carbocycles. The summed E-state index contributed by atoms with van der Waals surface area (Å²) in [6.07, 6.45) is 20.7. The summed E-state index contributed by atoms with van der Waals surface area (Å²) < 4.78 is 0. The van der Waals surface area contributed by atoms with E-state index in [1.807, 2.05) is 0 Å². The van der Waals surface area contributed by atoms with Crippen LogP contribution in [0.15, 0.2) is 0 Å². The van der Waals surface area contributed by atoms with Gasteiger partial charge in [0.15, 0.2) is 0 Å². The zero-order valence-electron chi connectivity index (χ0n) is 72.9. The van der Waals surface area contributed by atoms with Gasteiger partial charge in [-0.05, 0) is 232 Å². The van der Waals surface area contributed by atoms with Gasteiger partial charge in [-0.3, -0.25) is 38.4 Å². The SMILES string of the molecule is CB(O)CCCC1C2CC(CN2)C1(N)C(=O)O.CB(O)CCCC1C2CN(C(C)=O)CC2CC1(N)C(=O)O.CB(O)CCCC1C2CN(C(C)C)CC2CC1(N)C(=O)O.CB(O)CCCC1C2CN(CCN)CC2CC1(N)C(=O)O.CB(O)CCCC1C2CNC(=O)C2CC1(N)C(=O)O.CB(O)CCCC1CC2(CCCN2)CCC1(N)C(=O)O. The van der Waals surface area contributed by atoms with Gasteiger partial charge in [0.05, 0.1) is 0 Å². The van der Waals surface area contributed by atoms with Crippen LogP contribution < -0.4 is 56.1 Å². The Kier molecular flexibility index (Phi) is 37.2. The van der Waals surface area contributed by atoms with Crippen LogP contribution in [-0.4, -0.2) is 287 Å².